The van der Waals surface area contributed by atoms with E-state index in [0.717, 1.165) is 3.79 Å². The number of carbonyl (C=O) groups excluding carboxylic acids is 2. The third-order valence-electron chi connectivity index (χ3n) is 2.85. The van der Waals surface area contributed by atoms with Crippen LogP contribution in [-0.2, 0) is 0 Å². The van der Waals surface area contributed by atoms with Crippen LogP contribution < -0.4 is 10.9 Å². The van der Waals surface area contributed by atoms with Gasteiger partial charge >= 0.3 is 0 Å². The number of aryl methyl sites for hydroxylation is 1. The van der Waals surface area contributed by atoms with Crippen molar-refractivity contribution in [1.82, 2.24) is 25.8 Å². The summed E-state index contributed by atoms with van der Waals surface area (Å²) < 4.78 is 0.838. The Bertz CT molecular complexity index is 894. The van der Waals surface area contributed by atoms with Gasteiger partial charge in [0.25, 0.3) is 11.8 Å². The number of thiazole rings is 1. The zero-order valence-electron chi connectivity index (χ0n) is 12.2. The molecule has 0 saturated heterocycles. The summed E-state index contributed by atoms with van der Waals surface area (Å²) in [5.41, 5.74) is 5.33. The van der Waals surface area contributed by atoms with Gasteiger partial charge in [-0.25, -0.2) is 15.0 Å². The van der Waals surface area contributed by atoms with Crippen LogP contribution in [0.5, 0.6) is 0 Å². The van der Waals surface area contributed by atoms with E-state index in [0.29, 0.717) is 26.3 Å². The molecule has 0 aromatic carbocycles. The van der Waals surface area contributed by atoms with Crippen LogP contribution in [0.3, 0.4) is 0 Å². The van der Waals surface area contributed by atoms with E-state index in [-0.39, 0.29) is 5.91 Å². The summed E-state index contributed by atoms with van der Waals surface area (Å²) in [5, 5.41) is 0.548. The molecule has 0 spiro atoms. The summed E-state index contributed by atoms with van der Waals surface area (Å²) in [6.45, 7) is 1.72. The first-order valence-corrected chi connectivity index (χ1v) is 9.08. The van der Waals surface area contributed by atoms with E-state index < -0.39 is 5.91 Å². The second-order valence-corrected chi connectivity index (χ2v) is 7.98. The summed E-state index contributed by atoms with van der Waals surface area (Å²) in [6.07, 6.45) is 3.22. The number of carbonyl (C=O) groups is 2. The Hall–Kier alpha value is -2.17. The SMILES string of the molecule is Cc1nc(-c2ncccn2)sc1C(=O)NNC(=O)c1ccc(Br)s1. The van der Waals surface area contributed by atoms with Crippen molar-refractivity contribution in [3.05, 3.63) is 49.8 Å². The smallest absolute Gasteiger partial charge is 0.266 e. The Kier molecular flexibility index (Phi) is 4.97. The largest absolute Gasteiger partial charge is 0.281 e. The predicted molar refractivity (Wildman–Crippen MR) is 94.8 cm³/mol. The third kappa shape index (κ3) is 3.66. The molecule has 3 heterocycles. The lowest BCUT2D eigenvalue weighted by Crippen LogP contribution is -2.41. The lowest BCUT2D eigenvalue weighted by atomic mass is 10.4. The number of amides is 2. The van der Waals surface area contributed by atoms with Crippen LogP contribution in [0, 0.1) is 6.92 Å². The van der Waals surface area contributed by atoms with Crippen LogP contribution in [0.4, 0.5) is 0 Å². The van der Waals surface area contributed by atoms with Crippen molar-refractivity contribution in [2.75, 3.05) is 0 Å². The highest BCUT2D eigenvalue weighted by atomic mass is 79.9. The number of thiophene rings is 1. The molecule has 3 rings (SSSR count). The number of hydrogen-bond acceptors (Lipinski definition) is 7. The molecule has 0 fully saturated rings. The van der Waals surface area contributed by atoms with E-state index >= 15 is 0 Å². The number of nitrogens with one attached hydrogen (secondary N) is 2. The molecule has 122 valence electrons. The van der Waals surface area contributed by atoms with Crippen molar-refractivity contribution in [3.8, 4) is 10.8 Å². The monoisotopic (exact) mass is 423 g/mol. The first-order valence-electron chi connectivity index (χ1n) is 6.65. The van der Waals surface area contributed by atoms with Gasteiger partial charge in [0.2, 0.25) is 0 Å². The average molecular weight is 424 g/mol. The summed E-state index contributed by atoms with van der Waals surface area (Å²) in [4.78, 5) is 37.6. The minimum absolute atomic E-state index is 0.382. The topological polar surface area (TPSA) is 96.9 Å². The molecule has 0 aliphatic rings. The molecule has 24 heavy (non-hydrogen) atoms. The van der Waals surface area contributed by atoms with Crippen molar-refractivity contribution < 1.29 is 9.59 Å². The van der Waals surface area contributed by atoms with Crippen LogP contribution in [0.15, 0.2) is 34.4 Å². The van der Waals surface area contributed by atoms with Gasteiger partial charge in [0.1, 0.15) is 4.88 Å². The molecule has 7 nitrogen and oxygen atoms in total. The summed E-state index contributed by atoms with van der Waals surface area (Å²) in [5.74, 6) is -0.360. The highest BCUT2D eigenvalue weighted by molar-refractivity contribution is 9.11. The molecule has 10 heteroatoms. The van der Waals surface area contributed by atoms with Crippen molar-refractivity contribution in [2.45, 2.75) is 6.92 Å². The van der Waals surface area contributed by atoms with Crippen molar-refractivity contribution >= 4 is 50.4 Å². The minimum Gasteiger partial charge on any atom is -0.266 e. The maximum atomic E-state index is 12.2. The van der Waals surface area contributed by atoms with Gasteiger partial charge in [-0.15, -0.1) is 22.7 Å². The molecular weight excluding hydrogens is 414 g/mol. The quantitative estimate of drug-likeness (QED) is 0.631. The average Bonchev–Trinajstić information content (AvgIpc) is 3.19. The van der Waals surface area contributed by atoms with Crippen LogP contribution in [-0.4, -0.2) is 26.8 Å². The van der Waals surface area contributed by atoms with Crippen LogP contribution in [0.25, 0.3) is 10.8 Å². The molecule has 0 aliphatic carbocycles. The highest BCUT2D eigenvalue weighted by Gasteiger charge is 2.18. The summed E-state index contributed by atoms with van der Waals surface area (Å²) in [6, 6.07) is 5.13. The maximum Gasteiger partial charge on any atom is 0.281 e. The number of hydrogen-bond donors (Lipinski definition) is 2. The minimum atomic E-state index is -0.434. The Morgan fingerprint density at radius 2 is 1.79 bits per heavy atom. The standard InChI is InChI=1S/C14H10BrN5O2S2/c1-7-10(24-14(18-7)11-16-5-2-6-17-11)13(22)20-19-12(21)8-3-4-9(15)23-8/h2-6H,1H3,(H,19,21)(H,20,22). The molecule has 0 atom stereocenters. The van der Waals surface area contributed by atoms with Crippen LogP contribution in [0.1, 0.15) is 25.0 Å². The Balaban J connectivity index is 1.69. The van der Waals surface area contributed by atoms with E-state index in [1.165, 1.54) is 22.7 Å². The Morgan fingerprint density at radius 1 is 1.08 bits per heavy atom. The number of aromatic nitrogens is 3. The molecule has 0 aliphatic heterocycles. The maximum absolute atomic E-state index is 12.2. The number of halogens is 1. The molecular formula is C14H10BrN5O2S2. The van der Waals surface area contributed by atoms with E-state index in [1.807, 2.05) is 0 Å². The second-order valence-electron chi connectivity index (χ2n) is 4.52. The zero-order chi connectivity index (χ0) is 17.1. The van der Waals surface area contributed by atoms with E-state index in [2.05, 4.69) is 41.7 Å². The van der Waals surface area contributed by atoms with Gasteiger partial charge in [0.05, 0.1) is 14.4 Å². The Morgan fingerprint density at radius 3 is 2.46 bits per heavy atom. The van der Waals surface area contributed by atoms with Crippen molar-refractivity contribution in [1.29, 1.82) is 0 Å². The predicted octanol–water partition coefficient (Wildman–Crippen LogP) is 2.81. The van der Waals surface area contributed by atoms with Crippen molar-refractivity contribution in [3.63, 3.8) is 0 Å². The molecule has 0 saturated carbocycles. The molecule has 3 aromatic rings. The normalized spacial score (nSPS) is 10.4. The second kappa shape index (κ2) is 7.16. The fourth-order valence-corrected chi connectivity index (χ4v) is 3.97. The van der Waals surface area contributed by atoms with E-state index in [9.17, 15) is 9.59 Å². The summed E-state index contributed by atoms with van der Waals surface area (Å²) >= 11 is 5.73. The molecule has 2 N–H and O–H groups in total. The highest BCUT2D eigenvalue weighted by Crippen LogP contribution is 2.25. The van der Waals surface area contributed by atoms with Gasteiger partial charge < -0.3 is 0 Å². The fraction of sp³-hybridized carbons (Fsp3) is 0.0714. The Labute approximate surface area is 153 Å². The van der Waals surface area contributed by atoms with Gasteiger partial charge in [0.15, 0.2) is 10.8 Å². The molecule has 3 aromatic heterocycles. The summed E-state index contributed by atoms with van der Waals surface area (Å²) in [7, 11) is 0. The number of rotatable bonds is 3. The van der Waals surface area contributed by atoms with E-state index in [1.54, 1.807) is 37.5 Å². The van der Waals surface area contributed by atoms with Gasteiger partial charge in [-0.1, -0.05) is 0 Å². The third-order valence-corrected chi connectivity index (χ3v) is 5.62. The number of nitrogens with zero attached hydrogens (tertiary/aromatic N) is 3. The lowest BCUT2D eigenvalue weighted by molar-refractivity contribution is 0.0850. The molecule has 0 unspecified atom stereocenters. The molecule has 0 radical (unpaired) electrons. The first-order chi connectivity index (χ1) is 11.5. The van der Waals surface area contributed by atoms with Crippen LogP contribution in [0.2, 0.25) is 0 Å². The van der Waals surface area contributed by atoms with Crippen molar-refractivity contribution in [2.24, 2.45) is 0 Å². The van der Waals surface area contributed by atoms with Gasteiger partial charge in [-0.05, 0) is 41.1 Å². The lowest BCUT2D eigenvalue weighted by Gasteiger charge is -2.04. The molecule has 0 bridgehead atoms. The fourth-order valence-electron chi connectivity index (χ4n) is 1.78. The van der Waals surface area contributed by atoms with Gasteiger partial charge in [-0.3, -0.25) is 20.4 Å². The van der Waals surface area contributed by atoms with E-state index in [4.69, 9.17) is 0 Å². The number of hydrazine groups is 1. The zero-order valence-corrected chi connectivity index (χ0v) is 15.5. The van der Waals surface area contributed by atoms with Gasteiger partial charge in [-0.2, -0.15) is 0 Å². The molecule has 2 amide bonds. The van der Waals surface area contributed by atoms with Crippen LogP contribution >= 0.6 is 38.6 Å². The van der Waals surface area contributed by atoms with Gasteiger partial charge in [0, 0.05) is 12.4 Å². The first kappa shape index (κ1) is 16.7.